The lowest BCUT2D eigenvalue weighted by molar-refractivity contribution is -0.0953. The molecular weight excluding hydrogens is 168 g/mol. The lowest BCUT2D eigenvalue weighted by atomic mass is 10.0. The van der Waals surface area contributed by atoms with Gasteiger partial charge in [0.25, 0.3) is 0 Å². The molecule has 2 atom stereocenters. The lowest BCUT2D eigenvalue weighted by Gasteiger charge is -2.31. The second-order valence-electron chi connectivity index (χ2n) is 3.69. The fourth-order valence-electron chi connectivity index (χ4n) is 1.69. The Morgan fingerprint density at radius 1 is 1.46 bits per heavy atom. The van der Waals surface area contributed by atoms with Crippen LogP contribution in [0.3, 0.4) is 0 Å². The Balaban J connectivity index is 2.28. The number of amidine groups is 1. The van der Waals surface area contributed by atoms with Gasteiger partial charge >= 0.3 is 0 Å². The van der Waals surface area contributed by atoms with Gasteiger partial charge in [0.1, 0.15) is 12.4 Å². The van der Waals surface area contributed by atoms with Crippen LogP contribution in [0.2, 0.25) is 0 Å². The van der Waals surface area contributed by atoms with Crippen molar-refractivity contribution in [3.05, 3.63) is 0 Å². The third-order valence-corrected chi connectivity index (χ3v) is 2.13. The first-order valence-corrected chi connectivity index (χ1v) is 4.68. The standard InChI is InChI=1S/C9H18N2O2/c1-6-3-8(4-7(2)13-6)12-5-9(10)11/h6-8H,3-5H2,1-2H3,(H3,10,11). The number of nitrogens with two attached hydrogens (primary N) is 1. The largest absolute Gasteiger partial charge is 0.386 e. The van der Waals surface area contributed by atoms with Crippen LogP contribution in [0.15, 0.2) is 0 Å². The van der Waals surface area contributed by atoms with E-state index in [4.69, 9.17) is 20.6 Å². The summed E-state index contributed by atoms with van der Waals surface area (Å²) in [6.45, 7) is 4.32. The third kappa shape index (κ3) is 3.74. The summed E-state index contributed by atoms with van der Waals surface area (Å²) in [5, 5.41) is 7.04. The van der Waals surface area contributed by atoms with Crippen molar-refractivity contribution in [3.63, 3.8) is 0 Å². The highest BCUT2D eigenvalue weighted by molar-refractivity contribution is 5.78. The van der Waals surface area contributed by atoms with Crippen LogP contribution in [0.1, 0.15) is 26.7 Å². The molecule has 76 valence electrons. The van der Waals surface area contributed by atoms with Crippen molar-refractivity contribution in [2.45, 2.75) is 45.0 Å². The zero-order chi connectivity index (χ0) is 9.84. The zero-order valence-corrected chi connectivity index (χ0v) is 8.25. The lowest BCUT2D eigenvalue weighted by Crippen LogP contribution is -2.35. The summed E-state index contributed by atoms with van der Waals surface area (Å²) in [7, 11) is 0. The van der Waals surface area contributed by atoms with Crippen LogP contribution in [-0.2, 0) is 9.47 Å². The maximum Gasteiger partial charge on any atom is 0.117 e. The van der Waals surface area contributed by atoms with E-state index in [0.717, 1.165) is 12.8 Å². The maximum absolute atomic E-state index is 7.04. The Labute approximate surface area is 78.9 Å². The van der Waals surface area contributed by atoms with Gasteiger partial charge in [0.05, 0.1) is 18.3 Å². The molecule has 0 bridgehead atoms. The monoisotopic (exact) mass is 186 g/mol. The fraction of sp³-hybridized carbons (Fsp3) is 0.889. The smallest absolute Gasteiger partial charge is 0.117 e. The molecule has 2 unspecified atom stereocenters. The van der Waals surface area contributed by atoms with E-state index >= 15 is 0 Å². The van der Waals surface area contributed by atoms with Crippen LogP contribution >= 0.6 is 0 Å². The average molecular weight is 186 g/mol. The fourth-order valence-corrected chi connectivity index (χ4v) is 1.69. The molecule has 0 aromatic rings. The van der Waals surface area contributed by atoms with Gasteiger partial charge in [0.15, 0.2) is 0 Å². The van der Waals surface area contributed by atoms with E-state index in [2.05, 4.69) is 0 Å². The van der Waals surface area contributed by atoms with Crippen LogP contribution in [0, 0.1) is 5.41 Å². The van der Waals surface area contributed by atoms with Crippen molar-refractivity contribution >= 4 is 5.84 Å². The Kier molecular flexibility index (Phi) is 3.69. The van der Waals surface area contributed by atoms with Crippen molar-refractivity contribution in [1.29, 1.82) is 5.41 Å². The van der Waals surface area contributed by atoms with Gasteiger partial charge in [-0.15, -0.1) is 0 Å². The molecule has 1 aliphatic heterocycles. The highest BCUT2D eigenvalue weighted by Gasteiger charge is 2.24. The molecular formula is C9H18N2O2. The van der Waals surface area contributed by atoms with Crippen molar-refractivity contribution in [2.75, 3.05) is 6.61 Å². The van der Waals surface area contributed by atoms with Gasteiger partial charge in [-0.3, -0.25) is 5.41 Å². The Bertz CT molecular complexity index is 174. The van der Waals surface area contributed by atoms with Crippen LogP contribution in [0.25, 0.3) is 0 Å². The Hall–Kier alpha value is -0.610. The van der Waals surface area contributed by atoms with E-state index in [1.807, 2.05) is 13.8 Å². The third-order valence-electron chi connectivity index (χ3n) is 2.13. The van der Waals surface area contributed by atoms with E-state index in [0.29, 0.717) is 0 Å². The number of hydrogen-bond donors (Lipinski definition) is 2. The molecule has 1 rings (SSSR count). The predicted octanol–water partition coefficient (Wildman–Crippen LogP) is 0.895. The predicted molar refractivity (Wildman–Crippen MR) is 50.9 cm³/mol. The van der Waals surface area contributed by atoms with Gasteiger partial charge < -0.3 is 15.2 Å². The molecule has 0 spiro atoms. The van der Waals surface area contributed by atoms with E-state index in [1.54, 1.807) is 0 Å². The van der Waals surface area contributed by atoms with Crippen molar-refractivity contribution in [2.24, 2.45) is 5.73 Å². The number of rotatable bonds is 3. The summed E-state index contributed by atoms with van der Waals surface area (Å²) in [6.07, 6.45) is 2.50. The Morgan fingerprint density at radius 2 is 2.00 bits per heavy atom. The van der Waals surface area contributed by atoms with Crippen LogP contribution in [0.5, 0.6) is 0 Å². The van der Waals surface area contributed by atoms with Gasteiger partial charge in [-0.1, -0.05) is 0 Å². The van der Waals surface area contributed by atoms with E-state index in [1.165, 1.54) is 0 Å². The molecule has 1 saturated heterocycles. The van der Waals surface area contributed by atoms with Crippen LogP contribution < -0.4 is 5.73 Å². The first-order valence-electron chi connectivity index (χ1n) is 4.68. The summed E-state index contributed by atoms with van der Waals surface area (Å²) >= 11 is 0. The molecule has 0 radical (unpaired) electrons. The minimum absolute atomic E-state index is 0.0896. The number of nitrogens with one attached hydrogen (secondary N) is 1. The zero-order valence-electron chi connectivity index (χ0n) is 8.25. The molecule has 13 heavy (non-hydrogen) atoms. The molecule has 1 aliphatic rings. The van der Waals surface area contributed by atoms with E-state index in [-0.39, 0.29) is 30.8 Å². The first-order chi connectivity index (χ1) is 6.08. The van der Waals surface area contributed by atoms with Crippen molar-refractivity contribution in [3.8, 4) is 0 Å². The van der Waals surface area contributed by atoms with E-state index in [9.17, 15) is 0 Å². The van der Waals surface area contributed by atoms with Gasteiger partial charge in [0, 0.05) is 0 Å². The molecule has 0 aliphatic carbocycles. The normalized spacial score (nSPS) is 34.5. The minimum atomic E-state index is 0.0896. The highest BCUT2D eigenvalue weighted by atomic mass is 16.5. The first kappa shape index (κ1) is 10.5. The highest BCUT2D eigenvalue weighted by Crippen LogP contribution is 2.21. The van der Waals surface area contributed by atoms with Gasteiger partial charge in [-0.2, -0.15) is 0 Å². The SMILES string of the molecule is CC1CC(OCC(=N)N)CC(C)O1. The molecule has 0 aromatic heterocycles. The minimum Gasteiger partial charge on any atom is -0.386 e. The second-order valence-corrected chi connectivity index (χ2v) is 3.69. The summed E-state index contributed by atoms with van der Waals surface area (Å²) in [6, 6.07) is 0. The molecule has 0 amide bonds. The van der Waals surface area contributed by atoms with Crippen molar-refractivity contribution in [1.82, 2.24) is 0 Å². The van der Waals surface area contributed by atoms with E-state index < -0.39 is 0 Å². The van der Waals surface area contributed by atoms with Gasteiger partial charge in [-0.05, 0) is 26.7 Å². The van der Waals surface area contributed by atoms with Gasteiger partial charge in [0.2, 0.25) is 0 Å². The molecule has 1 fully saturated rings. The topological polar surface area (TPSA) is 68.3 Å². The molecule has 0 saturated carbocycles. The maximum atomic E-state index is 7.04. The molecule has 1 heterocycles. The number of ether oxygens (including phenoxy) is 2. The van der Waals surface area contributed by atoms with Crippen LogP contribution in [-0.4, -0.2) is 30.8 Å². The summed E-state index contributed by atoms with van der Waals surface area (Å²) < 4.78 is 11.0. The van der Waals surface area contributed by atoms with Crippen molar-refractivity contribution < 1.29 is 9.47 Å². The molecule has 4 nitrogen and oxygen atoms in total. The molecule has 4 heteroatoms. The molecule has 0 aromatic carbocycles. The van der Waals surface area contributed by atoms with Gasteiger partial charge in [-0.25, -0.2) is 0 Å². The van der Waals surface area contributed by atoms with Crippen LogP contribution in [0.4, 0.5) is 0 Å². The second kappa shape index (κ2) is 4.58. The molecule has 3 N–H and O–H groups in total. The summed E-state index contributed by atoms with van der Waals surface area (Å²) in [5.74, 6) is 0.0896. The average Bonchev–Trinajstić information content (AvgIpc) is 1.99. The Morgan fingerprint density at radius 3 is 2.46 bits per heavy atom. The summed E-state index contributed by atoms with van der Waals surface area (Å²) in [4.78, 5) is 0. The number of hydrogen-bond acceptors (Lipinski definition) is 3. The summed E-state index contributed by atoms with van der Waals surface area (Å²) in [5.41, 5.74) is 5.21. The quantitative estimate of drug-likeness (QED) is 0.508.